The van der Waals surface area contributed by atoms with Gasteiger partial charge in [-0.1, -0.05) is 84.4 Å². The SMILES string of the molecule is CCCCCCCCc1nc(C)c(N(S)C(N)=O)c(OCCCCCCC)n1. The predicted molar refractivity (Wildman–Crippen MR) is 119 cm³/mol. The van der Waals surface area contributed by atoms with Crippen molar-refractivity contribution in [2.24, 2.45) is 5.73 Å². The van der Waals surface area contributed by atoms with Crippen LogP contribution in [0.4, 0.5) is 10.5 Å². The molecule has 1 aromatic heterocycles. The van der Waals surface area contributed by atoms with E-state index in [-0.39, 0.29) is 0 Å². The molecule has 1 aromatic rings. The molecule has 6 nitrogen and oxygen atoms in total. The van der Waals surface area contributed by atoms with Crippen LogP contribution in [0.25, 0.3) is 0 Å². The van der Waals surface area contributed by atoms with Gasteiger partial charge in [0.15, 0.2) is 0 Å². The third-order valence-corrected chi connectivity index (χ3v) is 5.13. The zero-order chi connectivity index (χ0) is 20.8. The lowest BCUT2D eigenvalue weighted by Gasteiger charge is -2.19. The summed E-state index contributed by atoms with van der Waals surface area (Å²) in [7, 11) is 0. The Morgan fingerprint density at radius 3 is 2.14 bits per heavy atom. The van der Waals surface area contributed by atoms with Crippen molar-refractivity contribution in [2.45, 2.75) is 97.8 Å². The number of unbranched alkanes of at least 4 members (excludes halogenated alkanes) is 9. The topological polar surface area (TPSA) is 81.3 Å². The van der Waals surface area contributed by atoms with E-state index in [1.54, 1.807) is 0 Å². The number of anilines is 1. The summed E-state index contributed by atoms with van der Waals surface area (Å²) in [5.41, 5.74) is 6.49. The molecule has 28 heavy (non-hydrogen) atoms. The Bertz CT molecular complexity index is 584. The highest BCUT2D eigenvalue weighted by molar-refractivity contribution is 7.82. The summed E-state index contributed by atoms with van der Waals surface area (Å²) in [6.07, 6.45) is 13.9. The quantitative estimate of drug-likeness (QED) is 0.284. The van der Waals surface area contributed by atoms with Crippen LogP contribution >= 0.6 is 12.8 Å². The number of nitrogens with two attached hydrogens (primary N) is 1. The number of hydrogen-bond acceptors (Lipinski definition) is 5. The number of carbonyl (C=O) groups excluding carboxylic acids is 1. The number of aryl methyl sites for hydroxylation is 2. The van der Waals surface area contributed by atoms with Crippen LogP contribution in [0.3, 0.4) is 0 Å². The van der Waals surface area contributed by atoms with E-state index in [9.17, 15) is 4.79 Å². The number of thiol groups is 1. The maximum Gasteiger partial charge on any atom is 0.329 e. The van der Waals surface area contributed by atoms with Gasteiger partial charge in [-0.25, -0.2) is 14.1 Å². The van der Waals surface area contributed by atoms with E-state index in [2.05, 4.69) is 36.6 Å². The standard InChI is InChI=1S/C21H38N4O2S/c1-4-6-8-10-11-13-15-18-23-17(3)19(25(28)21(22)26)20(24-18)27-16-14-12-9-7-5-2/h28H,4-16H2,1-3H3,(H2,22,26). The Balaban J connectivity index is 2.73. The molecule has 0 aliphatic heterocycles. The molecule has 0 saturated carbocycles. The average Bonchev–Trinajstić information content (AvgIpc) is 2.66. The van der Waals surface area contributed by atoms with E-state index < -0.39 is 6.03 Å². The lowest BCUT2D eigenvalue weighted by atomic mass is 10.1. The summed E-state index contributed by atoms with van der Waals surface area (Å²) in [4.78, 5) is 20.7. The van der Waals surface area contributed by atoms with Gasteiger partial charge in [0.25, 0.3) is 0 Å². The molecule has 0 bridgehead atoms. The molecule has 2 N–H and O–H groups in total. The number of rotatable bonds is 15. The minimum absolute atomic E-state index is 0.401. The number of urea groups is 1. The van der Waals surface area contributed by atoms with Gasteiger partial charge in [-0.2, -0.15) is 4.98 Å². The fourth-order valence-electron chi connectivity index (χ4n) is 3.10. The summed E-state index contributed by atoms with van der Waals surface area (Å²) in [6, 6.07) is -0.675. The summed E-state index contributed by atoms with van der Waals surface area (Å²) in [6.45, 7) is 6.81. The highest BCUT2D eigenvalue weighted by atomic mass is 32.1. The van der Waals surface area contributed by atoms with Gasteiger partial charge < -0.3 is 10.5 Å². The van der Waals surface area contributed by atoms with Gasteiger partial charge >= 0.3 is 6.03 Å². The second-order valence-electron chi connectivity index (χ2n) is 7.31. The number of amides is 2. The number of primary amides is 1. The van der Waals surface area contributed by atoms with Crippen molar-refractivity contribution in [1.29, 1.82) is 0 Å². The molecule has 0 aliphatic rings. The second kappa shape index (κ2) is 14.5. The third-order valence-electron chi connectivity index (χ3n) is 4.73. The van der Waals surface area contributed by atoms with Gasteiger partial charge in [0, 0.05) is 6.42 Å². The van der Waals surface area contributed by atoms with Crippen molar-refractivity contribution in [1.82, 2.24) is 9.97 Å². The second-order valence-corrected chi connectivity index (χ2v) is 7.71. The molecule has 0 aromatic carbocycles. The van der Waals surface area contributed by atoms with Gasteiger partial charge in [0.2, 0.25) is 5.88 Å². The lowest BCUT2D eigenvalue weighted by Crippen LogP contribution is -2.29. The van der Waals surface area contributed by atoms with Crippen molar-refractivity contribution < 1.29 is 9.53 Å². The first-order valence-corrected chi connectivity index (χ1v) is 11.2. The summed E-state index contributed by atoms with van der Waals surface area (Å²) >= 11 is 4.20. The minimum Gasteiger partial charge on any atom is -0.476 e. The summed E-state index contributed by atoms with van der Waals surface area (Å²) in [5, 5.41) is 0. The van der Waals surface area contributed by atoms with Crippen LogP contribution in [0.1, 0.15) is 96.0 Å². The number of hydrogen-bond donors (Lipinski definition) is 2. The Kier molecular flexibility index (Phi) is 12.7. The normalized spacial score (nSPS) is 10.9. The molecule has 1 heterocycles. The number of carbonyl (C=O) groups is 1. The van der Waals surface area contributed by atoms with Gasteiger partial charge in [-0.05, 0) is 19.8 Å². The molecule has 0 aliphatic carbocycles. The number of ether oxygens (including phenoxy) is 1. The molecule has 0 atom stereocenters. The molecule has 0 radical (unpaired) electrons. The highest BCUT2D eigenvalue weighted by Gasteiger charge is 2.21. The predicted octanol–water partition coefficient (Wildman–Crippen LogP) is 5.77. The molecule has 0 spiro atoms. The average molecular weight is 411 g/mol. The minimum atomic E-state index is -0.675. The largest absolute Gasteiger partial charge is 0.476 e. The Hall–Kier alpha value is -1.50. The Morgan fingerprint density at radius 1 is 0.964 bits per heavy atom. The zero-order valence-electron chi connectivity index (χ0n) is 17.9. The van der Waals surface area contributed by atoms with Crippen LogP contribution in [-0.2, 0) is 6.42 Å². The zero-order valence-corrected chi connectivity index (χ0v) is 18.8. The third kappa shape index (κ3) is 9.13. The van der Waals surface area contributed by atoms with Crippen LogP contribution in [0, 0.1) is 6.92 Å². The van der Waals surface area contributed by atoms with Crippen LogP contribution in [0.5, 0.6) is 5.88 Å². The van der Waals surface area contributed by atoms with Crippen molar-refractivity contribution in [2.75, 3.05) is 10.9 Å². The van der Waals surface area contributed by atoms with Crippen LogP contribution < -0.4 is 14.8 Å². The molecule has 7 heteroatoms. The first kappa shape index (κ1) is 24.5. The monoisotopic (exact) mass is 410 g/mol. The van der Waals surface area contributed by atoms with E-state index in [1.807, 2.05) is 6.92 Å². The molecule has 0 fully saturated rings. The summed E-state index contributed by atoms with van der Waals surface area (Å²) < 4.78 is 6.99. The van der Waals surface area contributed by atoms with Crippen molar-refractivity contribution in [3.05, 3.63) is 11.5 Å². The fourth-order valence-corrected chi connectivity index (χ4v) is 3.33. The summed E-state index contributed by atoms with van der Waals surface area (Å²) in [5.74, 6) is 1.15. The first-order valence-electron chi connectivity index (χ1n) is 10.8. The maximum absolute atomic E-state index is 11.6. The van der Waals surface area contributed by atoms with E-state index in [1.165, 1.54) is 51.4 Å². The van der Waals surface area contributed by atoms with Crippen molar-refractivity contribution in [3.63, 3.8) is 0 Å². The highest BCUT2D eigenvalue weighted by Crippen LogP contribution is 2.31. The van der Waals surface area contributed by atoms with Crippen LogP contribution in [0.2, 0.25) is 0 Å². The number of aromatic nitrogens is 2. The van der Waals surface area contributed by atoms with Crippen molar-refractivity contribution in [3.8, 4) is 5.88 Å². The van der Waals surface area contributed by atoms with Crippen molar-refractivity contribution >= 4 is 24.5 Å². The number of nitrogens with zero attached hydrogens (tertiary/aromatic N) is 3. The molecular weight excluding hydrogens is 372 g/mol. The Morgan fingerprint density at radius 2 is 1.54 bits per heavy atom. The van der Waals surface area contributed by atoms with E-state index >= 15 is 0 Å². The Labute approximate surface area is 176 Å². The fraction of sp³-hybridized carbons (Fsp3) is 0.762. The van der Waals surface area contributed by atoms with Gasteiger partial charge in [0.05, 0.1) is 12.3 Å². The molecule has 0 unspecified atom stereocenters. The van der Waals surface area contributed by atoms with Gasteiger partial charge in [-0.15, -0.1) is 0 Å². The first-order chi connectivity index (χ1) is 13.5. The van der Waals surface area contributed by atoms with Gasteiger partial charge in [0.1, 0.15) is 11.5 Å². The maximum atomic E-state index is 11.6. The van der Waals surface area contributed by atoms with E-state index in [0.29, 0.717) is 23.9 Å². The molecule has 0 saturated heterocycles. The molecular formula is C21H38N4O2S. The molecule has 2 amide bonds. The van der Waals surface area contributed by atoms with Crippen LogP contribution in [-0.4, -0.2) is 22.6 Å². The smallest absolute Gasteiger partial charge is 0.329 e. The molecule has 160 valence electrons. The van der Waals surface area contributed by atoms with Crippen LogP contribution in [0.15, 0.2) is 0 Å². The van der Waals surface area contributed by atoms with E-state index in [0.717, 1.165) is 35.8 Å². The van der Waals surface area contributed by atoms with E-state index in [4.69, 9.17) is 10.5 Å². The lowest BCUT2D eigenvalue weighted by molar-refractivity contribution is 0.256. The van der Waals surface area contributed by atoms with Gasteiger partial charge in [-0.3, -0.25) is 0 Å². The molecule has 1 rings (SSSR count).